The van der Waals surface area contributed by atoms with E-state index in [1.807, 2.05) is 6.07 Å². The molecule has 0 aromatic heterocycles. The maximum atomic E-state index is 6.23. The highest BCUT2D eigenvalue weighted by Gasteiger charge is 2.30. The summed E-state index contributed by atoms with van der Waals surface area (Å²) in [6.45, 7) is 4.46. The van der Waals surface area contributed by atoms with Crippen molar-refractivity contribution in [1.29, 1.82) is 0 Å². The van der Waals surface area contributed by atoms with E-state index in [0.29, 0.717) is 6.04 Å². The highest BCUT2D eigenvalue weighted by molar-refractivity contribution is 6.30. The summed E-state index contributed by atoms with van der Waals surface area (Å²) in [7, 11) is 2.09. The summed E-state index contributed by atoms with van der Waals surface area (Å²) in [5, 5.41) is 4.41. The van der Waals surface area contributed by atoms with Gasteiger partial charge in [-0.1, -0.05) is 50.3 Å². The molecule has 106 valence electrons. The van der Waals surface area contributed by atoms with Crippen LogP contribution in [-0.2, 0) is 0 Å². The zero-order valence-corrected chi connectivity index (χ0v) is 13.1. The summed E-state index contributed by atoms with van der Waals surface area (Å²) in [5.41, 5.74) is 2.62. The van der Waals surface area contributed by atoms with Crippen LogP contribution in [0.2, 0.25) is 5.02 Å². The van der Waals surface area contributed by atoms with Gasteiger partial charge in [0.2, 0.25) is 0 Å². The van der Waals surface area contributed by atoms with E-state index >= 15 is 0 Å². The third kappa shape index (κ3) is 3.52. The van der Waals surface area contributed by atoms with Crippen molar-refractivity contribution in [2.75, 3.05) is 7.05 Å². The van der Waals surface area contributed by atoms with E-state index in [1.165, 1.54) is 43.2 Å². The Hall–Kier alpha value is -0.530. The van der Waals surface area contributed by atoms with Gasteiger partial charge in [0.15, 0.2) is 0 Å². The van der Waals surface area contributed by atoms with E-state index in [9.17, 15) is 0 Å². The SMILES string of the molecule is CCC1CCCCC1C(NC)c1cc(C)cc(Cl)c1. The fourth-order valence-electron chi connectivity index (χ4n) is 3.75. The van der Waals surface area contributed by atoms with Crippen LogP contribution < -0.4 is 5.32 Å². The maximum Gasteiger partial charge on any atom is 0.0411 e. The molecule has 1 aliphatic rings. The van der Waals surface area contributed by atoms with Crippen LogP contribution in [0.3, 0.4) is 0 Å². The molecule has 1 N–H and O–H groups in total. The lowest BCUT2D eigenvalue weighted by molar-refractivity contribution is 0.180. The van der Waals surface area contributed by atoms with Crippen LogP contribution in [0.4, 0.5) is 0 Å². The molecule has 0 radical (unpaired) electrons. The zero-order valence-electron chi connectivity index (χ0n) is 12.4. The molecule has 0 heterocycles. The fraction of sp³-hybridized carbons (Fsp3) is 0.647. The molecule has 1 aromatic carbocycles. The summed E-state index contributed by atoms with van der Waals surface area (Å²) < 4.78 is 0. The van der Waals surface area contributed by atoms with Crippen LogP contribution >= 0.6 is 11.6 Å². The lowest BCUT2D eigenvalue weighted by Gasteiger charge is -2.37. The second kappa shape index (κ2) is 6.76. The van der Waals surface area contributed by atoms with Gasteiger partial charge in [0.1, 0.15) is 0 Å². The van der Waals surface area contributed by atoms with Crippen molar-refractivity contribution < 1.29 is 0 Å². The van der Waals surface area contributed by atoms with E-state index in [1.54, 1.807) is 0 Å². The van der Waals surface area contributed by atoms with Gasteiger partial charge in [-0.15, -0.1) is 0 Å². The molecule has 1 saturated carbocycles. The summed E-state index contributed by atoms with van der Waals surface area (Å²) in [5.74, 6) is 1.60. The van der Waals surface area contributed by atoms with Gasteiger partial charge in [0.25, 0.3) is 0 Å². The van der Waals surface area contributed by atoms with E-state index in [-0.39, 0.29) is 0 Å². The largest absolute Gasteiger partial charge is 0.313 e. The van der Waals surface area contributed by atoms with Crippen molar-refractivity contribution in [2.24, 2.45) is 11.8 Å². The number of hydrogen-bond acceptors (Lipinski definition) is 1. The van der Waals surface area contributed by atoms with Crippen LogP contribution in [0, 0.1) is 18.8 Å². The third-order valence-corrected chi connectivity index (χ3v) is 4.87. The Morgan fingerprint density at radius 3 is 2.63 bits per heavy atom. The molecule has 3 atom stereocenters. The molecule has 0 spiro atoms. The van der Waals surface area contributed by atoms with Crippen LogP contribution in [0.1, 0.15) is 56.2 Å². The van der Waals surface area contributed by atoms with E-state index in [4.69, 9.17) is 11.6 Å². The van der Waals surface area contributed by atoms with Crippen molar-refractivity contribution in [3.05, 3.63) is 34.3 Å². The molecule has 2 heteroatoms. The second-order valence-electron chi connectivity index (χ2n) is 5.94. The summed E-state index contributed by atoms with van der Waals surface area (Å²) in [6, 6.07) is 6.91. The predicted molar refractivity (Wildman–Crippen MR) is 83.7 cm³/mol. The van der Waals surface area contributed by atoms with Crippen molar-refractivity contribution in [1.82, 2.24) is 5.32 Å². The van der Waals surface area contributed by atoms with E-state index in [2.05, 4.69) is 38.3 Å². The average Bonchev–Trinajstić information content (AvgIpc) is 2.39. The van der Waals surface area contributed by atoms with Crippen LogP contribution in [0.5, 0.6) is 0 Å². The number of halogens is 1. The molecule has 3 unspecified atom stereocenters. The molecular formula is C17H26ClN. The van der Waals surface area contributed by atoms with Crippen molar-refractivity contribution in [2.45, 2.75) is 52.0 Å². The minimum atomic E-state index is 0.447. The Balaban J connectivity index is 2.27. The Labute approximate surface area is 122 Å². The van der Waals surface area contributed by atoms with Crippen molar-refractivity contribution >= 4 is 11.6 Å². The predicted octanol–water partition coefficient (Wildman–Crippen LogP) is 5.13. The molecule has 2 rings (SSSR count). The number of aryl methyl sites for hydroxylation is 1. The van der Waals surface area contributed by atoms with E-state index < -0.39 is 0 Å². The molecular weight excluding hydrogens is 254 g/mol. The Kier molecular flexibility index (Phi) is 5.29. The molecule has 1 aliphatic carbocycles. The van der Waals surface area contributed by atoms with Gasteiger partial charge >= 0.3 is 0 Å². The quantitative estimate of drug-likeness (QED) is 0.806. The average molecular weight is 280 g/mol. The van der Waals surface area contributed by atoms with E-state index in [0.717, 1.165) is 16.9 Å². The molecule has 1 aromatic rings. The Morgan fingerprint density at radius 2 is 2.00 bits per heavy atom. The van der Waals surface area contributed by atoms with Gasteiger partial charge in [-0.25, -0.2) is 0 Å². The lowest BCUT2D eigenvalue weighted by atomic mass is 9.72. The van der Waals surface area contributed by atoms with Crippen molar-refractivity contribution in [3.63, 3.8) is 0 Å². The first-order valence-corrected chi connectivity index (χ1v) is 7.97. The molecule has 1 fully saturated rings. The van der Waals surface area contributed by atoms with Gasteiger partial charge in [-0.2, -0.15) is 0 Å². The first-order valence-electron chi connectivity index (χ1n) is 7.60. The first kappa shape index (κ1) is 14.9. The fourth-order valence-corrected chi connectivity index (χ4v) is 4.05. The highest BCUT2D eigenvalue weighted by atomic mass is 35.5. The van der Waals surface area contributed by atoms with Gasteiger partial charge in [0, 0.05) is 11.1 Å². The first-order chi connectivity index (χ1) is 9.15. The van der Waals surface area contributed by atoms with Crippen molar-refractivity contribution in [3.8, 4) is 0 Å². The number of hydrogen-bond donors (Lipinski definition) is 1. The minimum absolute atomic E-state index is 0.447. The monoisotopic (exact) mass is 279 g/mol. The Bertz CT molecular complexity index is 395. The standard InChI is InChI=1S/C17H26ClN/c1-4-13-7-5-6-8-16(13)17(19-3)14-9-12(2)10-15(18)11-14/h9-11,13,16-17,19H,4-8H2,1-3H3. The maximum absolute atomic E-state index is 6.23. The van der Waals surface area contributed by atoms with Crippen LogP contribution in [0.15, 0.2) is 18.2 Å². The molecule has 0 aliphatic heterocycles. The Morgan fingerprint density at radius 1 is 1.26 bits per heavy atom. The van der Waals surface area contributed by atoms with Gasteiger partial charge in [-0.05, 0) is 55.5 Å². The molecule has 1 nitrogen and oxygen atoms in total. The molecule has 0 bridgehead atoms. The van der Waals surface area contributed by atoms with Gasteiger partial charge < -0.3 is 5.32 Å². The number of benzene rings is 1. The molecule has 0 amide bonds. The topological polar surface area (TPSA) is 12.0 Å². The number of nitrogens with one attached hydrogen (secondary N) is 1. The third-order valence-electron chi connectivity index (χ3n) is 4.65. The summed E-state index contributed by atoms with van der Waals surface area (Å²) >= 11 is 6.23. The van der Waals surface area contributed by atoms with Gasteiger partial charge in [-0.3, -0.25) is 0 Å². The summed E-state index contributed by atoms with van der Waals surface area (Å²) in [6.07, 6.45) is 6.80. The smallest absolute Gasteiger partial charge is 0.0411 e. The van der Waals surface area contributed by atoms with Crippen LogP contribution in [-0.4, -0.2) is 7.05 Å². The molecule has 19 heavy (non-hydrogen) atoms. The van der Waals surface area contributed by atoms with Crippen LogP contribution in [0.25, 0.3) is 0 Å². The van der Waals surface area contributed by atoms with Gasteiger partial charge in [0.05, 0.1) is 0 Å². The molecule has 0 saturated heterocycles. The second-order valence-corrected chi connectivity index (χ2v) is 6.38. The number of rotatable bonds is 4. The zero-order chi connectivity index (χ0) is 13.8. The normalized spacial score (nSPS) is 25.3. The highest BCUT2D eigenvalue weighted by Crippen LogP contribution is 2.40. The lowest BCUT2D eigenvalue weighted by Crippen LogP contribution is -2.32. The minimum Gasteiger partial charge on any atom is -0.313 e. The summed E-state index contributed by atoms with van der Waals surface area (Å²) in [4.78, 5) is 0.